The van der Waals surface area contributed by atoms with E-state index in [4.69, 9.17) is 4.74 Å². The lowest BCUT2D eigenvalue weighted by Gasteiger charge is -2.09. The average molecular weight is 314 g/mol. The van der Waals surface area contributed by atoms with Crippen molar-refractivity contribution in [2.75, 3.05) is 12.4 Å². The van der Waals surface area contributed by atoms with Crippen molar-refractivity contribution >= 4 is 17.6 Å². The van der Waals surface area contributed by atoms with Gasteiger partial charge in [0, 0.05) is 11.4 Å². The van der Waals surface area contributed by atoms with Crippen molar-refractivity contribution in [2.24, 2.45) is 0 Å². The zero-order chi connectivity index (χ0) is 17.1. The van der Waals surface area contributed by atoms with Gasteiger partial charge in [0.1, 0.15) is 5.69 Å². The Balaban J connectivity index is 2.38. The Morgan fingerprint density at radius 1 is 1.22 bits per heavy atom. The largest absolute Gasteiger partial charge is 0.465 e. The first-order valence-electron chi connectivity index (χ1n) is 7.57. The van der Waals surface area contributed by atoms with Gasteiger partial charge < -0.3 is 15.0 Å². The third-order valence-corrected chi connectivity index (χ3v) is 3.94. The Labute approximate surface area is 136 Å². The molecule has 1 aromatic carbocycles. The van der Waals surface area contributed by atoms with Gasteiger partial charge in [-0.15, -0.1) is 0 Å². The normalized spacial score (nSPS) is 10.5. The van der Waals surface area contributed by atoms with Crippen LogP contribution in [0.15, 0.2) is 18.2 Å². The molecular formula is C18H22N2O3. The van der Waals surface area contributed by atoms with Crippen LogP contribution in [0, 0.1) is 20.8 Å². The van der Waals surface area contributed by atoms with E-state index >= 15 is 0 Å². The number of amides is 1. The van der Waals surface area contributed by atoms with Gasteiger partial charge in [-0.05, 0) is 49.9 Å². The van der Waals surface area contributed by atoms with Gasteiger partial charge in [-0.25, -0.2) is 4.79 Å². The van der Waals surface area contributed by atoms with Crippen molar-refractivity contribution in [3.05, 3.63) is 51.8 Å². The predicted molar refractivity (Wildman–Crippen MR) is 90.1 cm³/mol. The second-order valence-corrected chi connectivity index (χ2v) is 5.60. The van der Waals surface area contributed by atoms with Crippen LogP contribution < -0.4 is 5.32 Å². The predicted octanol–water partition coefficient (Wildman–Crippen LogP) is 3.54. The first-order valence-corrected chi connectivity index (χ1v) is 7.57. The molecule has 0 bridgehead atoms. The highest BCUT2D eigenvalue weighted by Crippen LogP contribution is 2.22. The Morgan fingerprint density at radius 3 is 2.52 bits per heavy atom. The zero-order valence-corrected chi connectivity index (χ0v) is 14.2. The number of hydrogen-bond acceptors (Lipinski definition) is 3. The minimum atomic E-state index is -0.429. The molecular weight excluding hydrogens is 292 g/mol. The summed E-state index contributed by atoms with van der Waals surface area (Å²) in [5, 5.41) is 2.91. The zero-order valence-electron chi connectivity index (χ0n) is 14.2. The molecule has 2 aromatic rings. The molecule has 23 heavy (non-hydrogen) atoms. The van der Waals surface area contributed by atoms with Crippen LogP contribution in [0.25, 0.3) is 0 Å². The number of H-pyrrole nitrogens is 1. The van der Waals surface area contributed by atoms with Gasteiger partial charge in [0.2, 0.25) is 0 Å². The smallest absolute Gasteiger partial charge is 0.339 e. The lowest BCUT2D eigenvalue weighted by molar-refractivity contribution is 0.0599. The number of anilines is 1. The van der Waals surface area contributed by atoms with Crippen LogP contribution in [-0.2, 0) is 11.2 Å². The van der Waals surface area contributed by atoms with E-state index in [1.807, 2.05) is 39.0 Å². The average Bonchev–Trinajstić information content (AvgIpc) is 2.87. The molecule has 122 valence electrons. The molecule has 2 N–H and O–H groups in total. The molecule has 0 spiro atoms. The maximum Gasteiger partial charge on any atom is 0.339 e. The number of aryl methyl sites for hydroxylation is 3. The topological polar surface area (TPSA) is 71.2 Å². The summed E-state index contributed by atoms with van der Waals surface area (Å²) < 4.78 is 4.82. The Kier molecular flexibility index (Phi) is 4.89. The lowest BCUT2D eigenvalue weighted by atomic mass is 10.1. The highest BCUT2D eigenvalue weighted by Gasteiger charge is 2.23. The molecule has 0 aliphatic carbocycles. The number of carbonyl (C=O) groups is 2. The summed E-state index contributed by atoms with van der Waals surface area (Å²) in [6, 6.07) is 5.88. The minimum absolute atomic E-state index is 0.263. The molecule has 0 aliphatic heterocycles. The number of hydrogen-bond donors (Lipinski definition) is 2. The van der Waals surface area contributed by atoms with Crippen LogP contribution in [0.2, 0.25) is 0 Å². The summed E-state index contributed by atoms with van der Waals surface area (Å²) in [5.74, 6) is -0.692. The van der Waals surface area contributed by atoms with Crippen molar-refractivity contribution in [3.63, 3.8) is 0 Å². The van der Waals surface area contributed by atoms with E-state index in [1.165, 1.54) is 7.11 Å². The highest BCUT2D eigenvalue weighted by molar-refractivity contribution is 6.07. The summed E-state index contributed by atoms with van der Waals surface area (Å²) >= 11 is 0. The van der Waals surface area contributed by atoms with Crippen LogP contribution in [0.3, 0.4) is 0 Å². The Bertz CT molecular complexity index is 760. The number of carbonyl (C=O) groups excluding carboxylic acids is 2. The van der Waals surface area contributed by atoms with Gasteiger partial charge in [-0.1, -0.05) is 19.1 Å². The molecule has 1 amide bonds. The first-order chi connectivity index (χ1) is 10.9. The van der Waals surface area contributed by atoms with E-state index in [0.29, 0.717) is 28.9 Å². The van der Waals surface area contributed by atoms with Crippen molar-refractivity contribution < 1.29 is 14.3 Å². The number of aromatic amines is 1. The van der Waals surface area contributed by atoms with E-state index in [2.05, 4.69) is 10.3 Å². The van der Waals surface area contributed by atoms with E-state index in [9.17, 15) is 9.59 Å². The third kappa shape index (κ3) is 3.28. The molecule has 1 heterocycles. The fraction of sp³-hybridized carbons (Fsp3) is 0.333. The molecule has 0 radical (unpaired) electrons. The van der Waals surface area contributed by atoms with Gasteiger partial charge in [0.25, 0.3) is 5.91 Å². The van der Waals surface area contributed by atoms with Gasteiger partial charge in [0.15, 0.2) is 0 Å². The molecule has 0 fully saturated rings. The maximum absolute atomic E-state index is 12.6. The van der Waals surface area contributed by atoms with Crippen molar-refractivity contribution in [2.45, 2.75) is 34.1 Å². The second-order valence-electron chi connectivity index (χ2n) is 5.60. The Hall–Kier alpha value is -2.56. The van der Waals surface area contributed by atoms with Crippen LogP contribution >= 0.6 is 0 Å². The quantitative estimate of drug-likeness (QED) is 0.848. The minimum Gasteiger partial charge on any atom is -0.465 e. The molecule has 5 nitrogen and oxygen atoms in total. The van der Waals surface area contributed by atoms with Gasteiger partial charge >= 0.3 is 5.97 Å². The number of ether oxygens (including phenoxy) is 1. The second kappa shape index (κ2) is 6.69. The molecule has 0 unspecified atom stereocenters. The third-order valence-electron chi connectivity index (χ3n) is 3.94. The number of aromatic nitrogens is 1. The molecule has 0 aliphatic rings. The van der Waals surface area contributed by atoms with Crippen molar-refractivity contribution in [1.82, 2.24) is 4.98 Å². The number of benzene rings is 1. The summed E-state index contributed by atoms with van der Waals surface area (Å²) in [5.41, 5.74) is 4.97. The molecule has 0 saturated carbocycles. The van der Waals surface area contributed by atoms with Crippen LogP contribution in [0.1, 0.15) is 50.2 Å². The number of nitrogens with one attached hydrogen (secondary N) is 2. The number of rotatable bonds is 4. The summed E-state index contributed by atoms with van der Waals surface area (Å²) in [6.45, 7) is 7.58. The standard InChI is InChI=1S/C18H22N2O3/c1-6-13-15(18(22)23-5)12(4)16(19-13)17(21)20-14-9-10(2)7-8-11(14)3/h7-9,19H,6H2,1-5H3,(H,20,21). The fourth-order valence-corrected chi connectivity index (χ4v) is 2.58. The first kappa shape index (κ1) is 16.8. The van der Waals surface area contributed by atoms with Crippen LogP contribution in [0.4, 0.5) is 5.69 Å². The van der Waals surface area contributed by atoms with Gasteiger partial charge in [0.05, 0.1) is 12.7 Å². The molecule has 5 heteroatoms. The van der Waals surface area contributed by atoms with E-state index in [0.717, 1.165) is 16.8 Å². The van der Waals surface area contributed by atoms with Crippen LogP contribution in [0.5, 0.6) is 0 Å². The van der Waals surface area contributed by atoms with Gasteiger partial charge in [-0.3, -0.25) is 4.79 Å². The van der Waals surface area contributed by atoms with Crippen LogP contribution in [-0.4, -0.2) is 24.0 Å². The SMILES string of the molecule is CCc1[nH]c(C(=O)Nc2cc(C)ccc2C)c(C)c1C(=O)OC. The van der Waals surface area contributed by atoms with Gasteiger partial charge in [-0.2, -0.15) is 0 Å². The Morgan fingerprint density at radius 2 is 1.91 bits per heavy atom. The summed E-state index contributed by atoms with van der Waals surface area (Å²) in [4.78, 5) is 27.6. The monoisotopic (exact) mass is 314 g/mol. The van der Waals surface area contributed by atoms with Crippen molar-refractivity contribution in [3.8, 4) is 0 Å². The summed E-state index contributed by atoms with van der Waals surface area (Å²) in [6.07, 6.45) is 0.613. The van der Waals surface area contributed by atoms with Crippen molar-refractivity contribution in [1.29, 1.82) is 0 Å². The summed E-state index contributed by atoms with van der Waals surface area (Å²) in [7, 11) is 1.34. The van der Waals surface area contributed by atoms with E-state index < -0.39 is 5.97 Å². The number of methoxy groups -OCH3 is 1. The number of esters is 1. The molecule has 1 aromatic heterocycles. The fourth-order valence-electron chi connectivity index (χ4n) is 2.58. The van der Waals surface area contributed by atoms with E-state index in [-0.39, 0.29) is 5.91 Å². The molecule has 2 rings (SSSR count). The highest BCUT2D eigenvalue weighted by atomic mass is 16.5. The van der Waals surface area contributed by atoms with E-state index in [1.54, 1.807) is 6.92 Å². The maximum atomic E-state index is 12.6. The molecule has 0 saturated heterocycles. The molecule has 0 atom stereocenters. The lowest BCUT2D eigenvalue weighted by Crippen LogP contribution is -2.15.